The van der Waals surface area contributed by atoms with E-state index in [1.54, 1.807) is 11.1 Å². The van der Waals surface area contributed by atoms with E-state index in [1.807, 2.05) is 31.2 Å². The molecule has 0 fully saturated rings. The van der Waals surface area contributed by atoms with Crippen LogP contribution in [-0.2, 0) is 17.9 Å². The van der Waals surface area contributed by atoms with Crippen molar-refractivity contribution in [1.82, 2.24) is 14.9 Å². The van der Waals surface area contributed by atoms with E-state index in [4.69, 9.17) is 10.5 Å². The van der Waals surface area contributed by atoms with Crippen molar-refractivity contribution < 1.29 is 9.53 Å². The number of carbonyl (C=O) groups excluding carboxylic acids is 1. The van der Waals surface area contributed by atoms with Gasteiger partial charge in [-0.2, -0.15) is 0 Å². The van der Waals surface area contributed by atoms with Crippen LogP contribution in [0, 0.1) is 6.92 Å². The number of amides is 1. The fourth-order valence-electron chi connectivity index (χ4n) is 2.29. The van der Waals surface area contributed by atoms with Crippen LogP contribution in [0.2, 0.25) is 0 Å². The number of nitrogen functional groups attached to an aromatic ring is 1. The van der Waals surface area contributed by atoms with E-state index >= 15 is 0 Å². The standard InChI is InChI=1S/C15H16N4O2/c1-10-4-2-3-5-13(10)21-9-14(20)19-7-11-6-17-15(16)18-12(11)8-19/h2-6H,7-9H2,1H3,(H2,16,17,18). The van der Waals surface area contributed by atoms with Gasteiger partial charge in [0.1, 0.15) is 5.75 Å². The first-order valence-corrected chi connectivity index (χ1v) is 6.70. The first kappa shape index (κ1) is 13.4. The highest BCUT2D eigenvalue weighted by Crippen LogP contribution is 2.21. The number of para-hydroxylation sites is 1. The Kier molecular flexibility index (Phi) is 3.43. The number of nitrogens with two attached hydrogens (primary N) is 1. The Labute approximate surface area is 122 Å². The number of nitrogens with zero attached hydrogens (tertiary/aromatic N) is 3. The smallest absolute Gasteiger partial charge is 0.261 e. The van der Waals surface area contributed by atoms with Crippen LogP contribution in [0.3, 0.4) is 0 Å². The number of anilines is 1. The third kappa shape index (κ3) is 2.79. The van der Waals surface area contributed by atoms with E-state index in [0.29, 0.717) is 13.1 Å². The number of aromatic nitrogens is 2. The molecule has 2 heterocycles. The molecule has 0 spiro atoms. The third-order valence-corrected chi connectivity index (χ3v) is 3.47. The molecule has 3 rings (SSSR count). The van der Waals surface area contributed by atoms with Crippen molar-refractivity contribution >= 4 is 11.9 Å². The molecule has 0 radical (unpaired) electrons. The van der Waals surface area contributed by atoms with Crippen LogP contribution in [0.5, 0.6) is 5.75 Å². The molecule has 21 heavy (non-hydrogen) atoms. The number of aryl methyl sites for hydroxylation is 1. The van der Waals surface area contributed by atoms with Gasteiger partial charge >= 0.3 is 0 Å². The minimum atomic E-state index is -0.0742. The largest absolute Gasteiger partial charge is 0.484 e. The second-order valence-corrected chi connectivity index (χ2v) is 5.00. The summed E-state index contributed by atoms with van der Waals surface area (Å²) < 4.78 is 5.58. The Morgan fingerprint density at radius 1 is 1.38 bits per heavy atom. The van der Waals surface area contributed by atoms with E-state index in [2.05, 4.69) is 9.97 Å². The number of hydrogen-bond acceptors (Lipinski definition) is 5. The first-order valence-electron chi connectivity index (χ1n) is 6.70. The van der Waals surface area contributed by atoms with Crippen molar-refractivity contribution in [3.8, 4) is 5.75 Å². The van der Waals surface area contributed by atoms with Gasteiger partial charge in [0.2, 0.25) is 5.95 Å². The Morgan fingerprint density at radius 2 is 2.19 bits per heavy atom. The predicted molar refractivity (Wildman–Crippen MR) is 77.4 cm³/mol. The summed E-state index contributed by atoms with van der Waals surface area (Å²) in [6.07, 6.45) is 1.67. The van der Waals surface area contributed by atoms with Crippen molar-refractivity contribution in [2.45, 2.75) is 20.0 Å². The van der Waals surface area contributed by atoms with Crippen molar-refractivity contribution in [2.24, 2.45) is 0 Å². The lowest BCUT2D eigenvalue weighted by molar-refractivity contribution is -0.134. The summed E-state index contributed by atoms with van der Waals surface area (Å²) in [6, 6.07) is 7.62. The van der Waals surface area contributed by atoms with Gasteiger partial charge in [0.25, 0.3) is 5.91 Å². The second-order valence-electron chi connectivity index (χ2n) is 5.00. The maximum atomic E-state index is 12.2. The van der Waals surface area contributed by atoms with Crippen LogP contribution >= 0.6 is 0 Å². The van der Waals surface area contributed by atoms with Gasteiger partial charge in [0, 0.05) is 18.3 Å². The van der Waals surface area contributed by atoms with Crippen LogP contribution in [0.25, 0.3) is 0 Å². The quantitative estimate of drug-likeness (QED) is 0.918. The minimum absolute atomic E-state index is 0.0156. The Morgan fingerprint density at radius 3 is 3.00 bits per heavy atom. The predicted octanol–water partition coefficient (Wildman–Crippen LogP) is 1.29. The van der Waals surface area contributed by atoms with Gasteiger partial charge in [0.15, 0.2) is 6.61 Å². The molecule has 1 amide bonds. The van der Waals surface area contributed by atoms with Crippen molar-refractivity contribution in [1.29, 1.82) is 0 Å². The number of fused-ring (bicyclic) bond motifs is 1. The Bertz CT molecular complexity index is 687. The highest BCUT2D eigenvalue weighted by Gasteiger charge is 2.25. The maximum absolute atomic E-state index is 12.2. The van der Waals surface area contributed by atoms with Crippen molar-refractivity contribution in [2.75, 3.05) is 12.3 Å². The van der Waals surface area contributed by atoms with E-state index < -0.39 is 0 Å². The number of hydrogen-bond donors (Lipinski definition) is 1. The normalized spacial score (nSPS) is 13.1. The van der Waals surface area contributed by atoms with Gasteiger partial charge in [-0.05, 0) is 18.6 Å². The average Bonchev–Trinajstić information content (AvgIpc) is 2.89. The number of ether oxygens (including phenoxy) is 1. The molecule has 1 aliphatic rings. The molecular formula is C15H16N4O2. The van der Waals surface area contributed by atoms with Gasteiger partial charge in [-0.25, -0.2) is 9.97 Å². The molecule has 1 aromatic heterocycles. The lowest BCUT2D eigenvalue weighted by Gasteiger charge is -2.16. The fraction of sp³-hybridized carbons (Fsp3) is 0.267. The summed E-state index contributed by atoms with van der Waals surface area (Å²) in [4.78, 5) is 22.0. The second kappa shape index (κ2) is 5.40. The van der Waals surface area contributed by atoms with Crippen LogP contribution in [0.1, 0.15) is 16.8 Å². The van der Waals surface area contributed by atoms with Crippen molar-refractivity contribution in [3.05, 3.63) is 47.3 Å². The van der Waals surface area contributed by atoms with Crippen LogP contribution < -0.4 is 10.5 Å². The lowest BCUT2D eigenvalue weighted by atomic mass is 10.2. The molecule has 0 aliphatic carbocycles. The fourth-order valence-corrected chi connectivity index (χ4v) is 2.29. The van der Waals surface area contributed by atoms with Gasteiger partial charge in [-0.1, -0.05) is 18.2 Å². The average molecular weight is 284 g/mol. The minimum Gasteiger partial charge on any atom is -0.484 e. The van der Waals surface area contributed by atoms with Crippen LogP contribution in [0.4, 0.5) is 5.95 Å². The summed E-state index contributed by atoms with van der Waals surface area (Å²) >= 11 is 0. The summed E-state index contributed by atoms with van der Waals surface area (Å²) in [7, 11) is 0. The molecular weight excluding hydrogens is 268 g/mol. The summed E-state index contributed by atoms with van der Waals surface area (Å²) in [6.45, 7) is 2.93. The maximum Gasteiger partial charge on any atom is 0.261 e. The topological polar surface area (TPSA) is 81.3 Å². The molecule has 1 aromatic carbocycles. The van der Waals surface area contributed by atoms with Crippen molar-refractivity contribution in [3.63, 3.8) is 0 Å². The van der Waals surface area contributed by atoms with E-state index in [1.165, 1.54) is 0 Å². The van der Waals surface area contributed by atoms with Gasteiger partial charge < -0.3 is 15.4 Å². The van der Waals surface area contributed by atoms with E-state index in [-0.39, 0.29) is 18.5 Å². The van der Waals surface area contributed by atoms with Gasteiger partial charge in [-0.3, -0.25) is 4.79 Å². The Balaban J connectivity index is 1.62. The monoisotopic (exact) mass is 284 g/mol. The molecule has 2 aromatic rings. The zero-order valence-electron chi connectivity index (χ0n) is 11.7. The molecule has 1 aliphatic heterocycles. The molecule has 6 heteroatoms. The molecule has 6 nitrogen and oxygen atoms in total. The number of benzene rings is 1. The van der Waals surface area contributed by atoms with E-state index in [9.17, 15) is 4.79 Å². The molecule has 0 saturated carbocycles. The van der Waals surface area contributed by atoms with E-state index in [0.717, 1.165) is 22.6 Å². The number of rotatable bonds is 3. The first-order chi connectivity index (χ1) is 10.1. The SMILES string of the molecule is Cc1ccccc1OCC(=O)N1Cc2cnc(N)nc2C1. The summed E-state index contributed by atoms with van der Waals surface area (Å²) in [5, 5.41) is 0. The number of carbonyl (C=O) groups is 1. The highest BCUT2D eigenvalue weighted by molar-refractivity contribution is 5.78. The highest BCUT2D eigenvalue weighted by atomic mass is 16.5. The van der Waals surface area contributed by atoms with Crippen LogP contribution in [-0.4, -0.2) is 27.4 Å². The van der Waals surface area contributed by atoms with Crippen LogP contribution in [0.15, 0.2) is 30.5 Å². The third-order valence-electron chi connectivity index (χ3n) is 3.47. The van der Waals surface area contributed by atoms with Gasteiger partial charge in [0.05, 0.1) is 12.2 Å². The molecule has 0 bridgehead atoms. The molecule has 0 unspecified atom stereocenters. The lowest BCUT2D eigenvalue weighted by Crippen LogP contribution is -2.30. The summed E-state index contributed by atoms with van der Waals surface area (Å²) in [5.41, 5.74) is 8.31. The zero-order valence-corrected chi connectivity index (χ0v) is 11.7. The molecule has 2 N–H and O–H groups in total. The molecule has 108 valence electrons. The molecule has 0 atom stereocenters. The zero-order chi connectivity index (χ0) is 14.8. The Hall–Kier alpha value is -2.63. The molecule has 0 saturated heterocycles. The van der Waals surface area contributed by atoms with Gasteiger partial charge in [-0.15, -0.1) is 0 Å². The summed E-state index contributed by atoms with van der Waals surface area (Å²) in [5.74, 6) is 0.889.